The highest BCUT2D eigenvalue weighted by Gasteiger charge is 2.21. The minimum Gasteiger partial charge on any atom is -0.453 e. The minimum atomic E-state index is -0.872. The number of esters is 1. The lowest BCUT2D eigenvalue weighted by Crippen LogP contribution is -2.30. The van der Waals surface area contributed by atoms with Crippen LogP contribution in [0, 0.1) is 13.8 Å². The van der Waals surface area contributed by atoms with Gasteiger partial charge in [0.25, 0.3) is 5.91 Å². The molecular weight excluding hydrogens is 358 g/mol. The van der Waals surface area contributed by atoms with Gasteiger partial charge < -0.3 is 14.6 Å². The van der Waals surface area contributed by atoms with Gasteiger partial charge in [0.15, 0.2) is 11.9 Å². The summed E-state index contributed by atoms with van der Waals surface area (Å²) in [5.41, 5.74) is 2.53. The highest BCUT2D eigenvalue weighted by Crippen LogP contribution is 2.19. The van der Waals surface area contributed by atoms with Gasteiger partial charge in [-0.15, -0.1) is 0 Å². The van der Waals surface area contributed by atoms with Crippen LogP contribution in [0.2, 0.25) is 0 Å². The zero-order chi connectivity index (χ0) is 20.9. The Hall–Kier alpha value is -2.70. The molecule has 7 heteroatoms. The lowest BCUT2D eigenvalue weighted by atomic mass is 9.96. The van der Waals surface area contributed by atoms with Crippen molar-refractivity contribution in [3.8, 4) is 0 Å². The van der Waals surface area contributed by atoms with E-state index in [-0.39, 0.29) is 17.7 Å². The van der Waals surface area contributed by atoms with Gasteiger partial charge in [-0.25, -0.2) is 0 Å². The van der Waals surface area contributed by atoms with Crippen LogP contribution in [-0.4, -0.2) is 28.1 Å². The highest BCUT2D eigenvalue weighted by molar-refractivity contribution is 5.95. The van der Waals surface area contributed by atoms with Crippen LogP contribution in [-0.2, 0) is 26.2 Å². The third-order valence-electron chi connectivity index (χ3n) is 4.24. The van der Waals surface area contributed by atoms with Crippen LogP contribution in [0.4, 0.5) is 5.69 Å². The van der Waals surface area contributed by atoms with Gasteiger partial charge >= 0.3 is 5.97 Å². The van der Waals surface area contributed by atoms with E-state index < -0.39 is 12.1 Å². The number of benzene rings is 1. The zero-order valence-electron chi connectivity index (χ0n) is 17.5. The van der Waals surface area contributed by atoms with E-state index in [1.165, 1.54) is 0 Å². The van der Waals surface area contributed by atoms with Crippen LogP contribution >= 0.6 is 0 Å². The largest absolute Gasteiger partial charge is 0.453 e. The summed E-state index contributed by atoms with van der Waals surface area (Å²) in [4.78, 5) is 28.6. The fourth-order valence-corrected chi connectivity index (χ4v) is 2.46. The Balaban J connectivity index is 1.78. The Kier molecular flexibility index (Phi) is 6.94. The molecule has 0 saturated carbocycles. The summed E-state index contributed by atoms with van der Waals surface area (Å²) in [5, 5.41) is 6.76. The van der Waals surface area contributed by atoms with Crippen molar-refractivity contribution in [1.82, 2.24) is 10.1 Å². The summed E-state index contributed by atoms with van der Waals surface area (Å²) in [6.07, 6.45) is 0.300. The molecular formula is C21H29N3O4. The number of aryl methyl sites for hydroxylation is 3. The Labute approximate surface area is 165 Å². The van der Waals surface area contributed by atoms with E-state index in [4.69, 9.17) is 9.26 Å². The first-order chi connectivity index (χ1) is 13.1. The fraction of sp³-hybridized carbons (Fsp3) is 0.524. The molecule has 0 bridgehead atoms. The van der Waals surface area contributed by atoms with E-state index in [9.17, 15) is 9.59 Å². The lowest BCUT2D eigenvalue weighted by molar-refractivity contribution is -0.153. The average Bonchev–Trinajstić information content (AvgIpc) is 3.07. The second kappa shape index (κ2) is 8.99. The number of carbonyl (C=O) groups excluding carboxylic acids is 2. The third kappa shape index (κ3) is 6.18. The predicted octanol–water partition coefficient (Wildman–Crippen LogP) is 3.88. The molecule has 0 aliphatic rings. The number of rotatable bonds is 7. The lowest BCUT2D eigenvalue weighted by Gasteiger charge is -2.15. The number of carbonyl (C=O) groups is 2. The molecule has 0 saturated heterocycles. The van der Waals surface area contributed by atoms with Gasteiger partial charge in [-0.3, -0.25) is 9.59 Å². The zero-order valence-corrected chi connectivity index (χ0v) is 17.5. The number of anilines is 1. The number of ether oxygens (including phenoxy) is 1. The van der Waals surface area contributed by atoms with Crippen molar-refractivity contribution in [3.05, 3.63) is 41.0 Å². The first kappa shape index (κ1) is 21.6. The minimum absolute atomic E-state index is 0.175. The summed E-state index contributed by atoms with van der Waals surface area (Å²) in [5.74, 6) is 0.355. The highest BCUT2D eigenvalue weighted by atomic mass is 16.5. The molecule has 1 aromatic carbocycles. The van der Waals surface area contributed by atoms with Gasteiger partial charge in [0.2, 0.25) is 5.89 Å². The van der Waals surface area contributed by atoms with Gasteiger partial charge in [0.1, 0.15) is 0 Å². The topological polar surface area (TPSA) is 94.3 Å². The molecule has 2 aromatic rings. The van der Waals surface area contributed by atoms with Gasteiger partial charge in [0.05, 0.1) is 0 Å². The number of aromatic nitrogens is 2. The monoisotopic (exact) mass is 387 g/mol. The number of nitrogens with one attached hydrogen (secondary N) is 1. The smallest absolute Gasteiger partial charge is 0.306 e. The first-order valence-electron chi connectivity index (χ1n) is 9.47. The molecule has 1 atom stereocenters. The Bertz CT molecular complexity index is 836. The molecule has 0 spiro atoms. The van der Waals surface area contributed by atoms with Crippen molar-refractivity contribution < 1.29 is 18.8 Å². The van der Waals surface area contributed by atoms with Crippen molar-refractivity contribution in [3.63, 3.8) is 0 Å². The average molecular weight is 387 g/mol. The second-order valence-corrected chi connectivity index (χ2v) is 8.05. The standard InChI is InChI=1S/C21H29N3O4/c1-13-10-11-14(2)16(12-13)22-19(26)15(3)27-18(25)9-7-8-17-23-20(24-28-17)21(4,5)6/h10-12,15H,7-9H2,1-6H3,(H,22,26). The SMILES string of the molecule is Cc1ccc(C)c(NC(=O)C(C)OC(=O)CCCc2nc(C(C)(C)C)no2)c1. The third-order valence-corrected chi connectivity index (χ3v) is 4.24. The summed E-state index contributed by atoms with van der Waals surface area (Å²) >= 11 is 0. The fourth-order valence-electron chi connectivity index (χ4n) is 2.46. The molecule has 1 amide bonds. The maximum atomic E-state index is 12.3. The summed E-state index contributed by atoms with van der Waals surface area (Å²) < 4.78 is 10.4. The van der Waals surface area contributed by atoms with Crippen LogP contribution < -0.4 is 5.32 Å². The molecule has 1 N–H and O–H groups in total. The van der Waals surface area contributed by atoms with E-state index in [0.29, 0.717) is 24.6 Å². The van der Waals surface area contributed by atoms with E-state index in [1.807, 2.05) is 52.8 Å². The summed E-state index contributed by atoms with van der Waals surface area (Å²) in [7, 11) is 0. The number of nitrogens with zero attached hydrogens (tertiary/aromatic N) is 2. The van der Waals surface area contributed by atoms with Crippen LogP contribution in [0.15, 0.2) is 22.7 Å². The summed E-state index contributed by atoms with van der Waals surface area (Å²) in [6, 6.07) is 5.80. The van der Waals surface area contributed by atoms with E-state index in [2.05, 4.69) is 15.5 Å². The molecule has 28 heavy (non-hydrogen) atoms. The number of hydrogen-bond acceptors (Lipinski definition) is 6. The van der Waals surface area contributed by atoms with Crippen LogP contribution in [0.3, 0.4) is 0 Å². The molecule has 152 valence electrons. The van der Waals surface area contributed by atoms with Crippen LogP contribution in [0.25, 0.3) is 0 Å². The molecule has 0 fully saturated rings. The Morgan fingerprint density at radius 2 is 1.96 bits per heavy atom. The molecule has 0 radical (unpaired) electrons. The van der Waals surface area contributed by atoms with Gasteiger partial charge in [-0.2, -0.15) is 4.98 Å². The van der Waals surface area contributed by atoms with Crippen molar-refractivity contribution in [2.45, 2.75) is 72.3 Å². The van der Waals surface area contributed by atoms with Crippen LogP contribution in [0.5, 0.6) is 0 Å². The van der Waals surface area contributed by atoms with Crippen molar-refractivity contribution >= 4 is 17.6 Å². The van der Waals surface area contributed by atoms with Crippen molar-refractivity contribution in [2.24, 2.45) is 0 Å². The normalized spacial score (nSPS) is 12.5. The quantitative estimate of drug-likeness (QED) is 0.725. The molecule has 1 heterocycles. The predicted molar refractivity (Wildman–Crippen MR) is 106 cm³/mol. The molecule has 2 rings (SSSR count). The Morgan fingerprint density at radius 3 is 2.61 bits per heavy atom. The molecule has 0 aliphatic heterocycles. The maximum Gasteiger partial charge on any atom is 0.306 e. The number of amides is 1. The van der Waals surface area contributed by atoms with Crippen molar-refractivity contribution in [2.75, 3.05) is 5.32 Å². The first-order valence-corrected chi connectivity index (χ1v) is 9.47. The van der Waals surface area contributed by atoms with E-state index in [0.717, 1.165) is 16.8 Å². The second-order valence-electron chi connectivity index (χ2n) is 8.05. The van der Waals surface area contributed by atoms with Crippen molar-refractivity contribution in [1.29, 1.82) is 0 Å². The molecule has 0 aliphatic carbocycles. The molecule has 7 nitrogen and oxygen atoms in total. The molecule has 1 unspecified atom stereocenters. The van der Waals surface area contributed by atoms with Crippen LogP contribution in [0.1, 0.15) is 63.4 Å². The van der Waals surface area contributed by atoms with Gasteiger partial charge in [-0.1, -0.05) is 38.1 Å². The number of hydrogen-bond donors (Lipinski definition) is 1. The Morgan fingerprint density at radius 1 is 1.25 bits per heavy atom. The van der Waals surface area contributed by atoms with E-state index in [1.54, 1.807) is 6.92 Å². The maximum absolute atomic E-state index is 12.3. The summed E-state index contributed by atoms with van der Waals surface area (Å²) in [6.45, 7) is 11.4. The van der Waals surface area contributed by atoms with Gasteiger partial charge in [-0.05, 0) is 44.4 Å². The van der Waals surface area contributed by atoms with E-state index >= 15 is 0 Å². The van der Waals surface area contributed by atoms with Gasteiger partial charge in [0, 0.05) is 23.9 Å². The molecule has 1 aromatic heterocycles.